The van der Waals surface area contributed by atoms with Gasteiger partial charge >= 0.3 is 0 Å². The van der Waals surface area contributed by atoms with Crippen LogP contribution in [0, 0.1) is 6.92 Å². The van der Waals surface area contributed by atoms with Crippen LogP contribution in [0.4, 0.5) is 5.13 Å². The monoisotopic (exact) mass is 429 g/mol. The quantitative estimate of drug-likeness (QED) is 0.269. The zero-order chi connectivity index (χ0) is 21.5. The minimum Gasteiger partial charge on any atom is -0.493 e. The summed E-state index contributed by atoms with van der Waals surface area (Å²) in [6.45, 7) is 2.56. The van der Waals surface area contributed by atoms with E-state index in [4.69, 9.17) is 9.47 Å². The molecule has 0 fully saturated rings. The number of rotatable bonds is 8. The molecule has 0 saturated heterocycles. The fraction of sp³-hybridized carbons (Fsp3) is 0.120. The summed E-state index contributed by atoms with van der Waals surface area (Å²) in [7, 11) is 1.63. The van der Waals surface area contributed by atoms with E-state index in [0.29, 0.717) is 18.1 Å². The molecule has 3 aromatic carbocycles. The Hall–Kier alpha value is -3.64. The van der Waals surface area contributed by atoms with Gasteiger partial charge in [0.1, 0.15) is 6.61 Å². The zero-order valence-electron chi connectivity index (χ0n) is 17.4. The van der Waals surface area contributed by atoms with Crippen LogP contribution in [0.1, 0.15) is 16.7 Å². The number of methoxy groups -OCH3 is 1. The summed E-state index contributed by atoms with van der Waals surface area (Å²) in [6.07, 6.45) is 1.73. The highest BCUT2D eigenvalue weighted by Crippen LogP contribution is 2.29. The minimum atomic E-state index is 0.487. The van der Waals surface area contributed by atoms with Crippen LogP contribution < -0.4 is 14.9 Å². The Morgan fingerprint density at radius 2 is 1.87 bits per heavy atom. The molecule has 0 atom stereocenters. The highest BCUT2D eigenvalue weighted by atomic mass is 32.1. The van der Waals surface area contributed by atoms with Gasteiger partial charge in [0, 0.05) is 10.9 Å². The molecular formula is C25H23N3O2S. The molecular weight excluding hydrogens is 406 g/mol. The summed E-state index contributed by atoms with van der Waals surface area (Å²) in [5.74, 6) is 1.36. The van der Waals surface area contributed by atoms with E-state index < -0.39 is 0 Å². The highest BCUT2D eigenvalue weighted by Gasteiger charge is 2.06. The number of hydrazone groups is 1. The van der Waals surface area contributed by atoms with Gasteiger partial charge in [0.2, 0.25) is 5.13 Å². The Kier molecular flexibility index (Phi) is 6.59. The number of benzene rings is 3. The van der Waals surface area contributed by atoms with Crippen molar-refractivity contribution >= 4 is 22.7 Å². The van der Waals surface area contributed by atoms with Gasteiger partial charge < -0.3 is 9.47 Å². The number of thiazole rings is 1. The standard InChI is InChI=1S/C25H23N3O2S/c1-18-7-6-8-20(13-18)16-30-23-12-11-19(14-24(23)29-2)15-26-28-25-27-22(17-31-25)21-9-4-3-5-10-21/h3-15,17H,16H2,1-2H3,(H,27,28). The Bertz CT molecular complexity index is 1170. The first-order valence-electron chi connectivity index (χ1n) is 9.88. The Labute approximate surface area is 186 Å². The second-order valence-corrected chi connectivity index (χ2v) is 7.82. The van der Waals surface area contributed by atoms with Crippen molar-refractivity contribution in [3.63, 3.8) is 0 Å². The normalized spacial score (nSPS) is 10.9. The molecule has 5 nitrogen and oxygen atoms in total. The molecule has 0 unspecified atom stereocenters. The second-order valence-electron chi connectivity index (χ2n) is 6.96. The highest BCUT2D eigenvalue weighted by molar-refractivity contribution is 7.14. The van der Waals surface area contributed by atoms with E-state index in [1.54, 1.807) is 13.3 Å². The molecule has 0 radical (unpaired) electrons. The molecule has 0 aliphatic heterocycles. The zero-order valence-corrected chi connectivity index (χ0v) is 18.2. The molecule has 6 heteroatoms. The Balaban J connectivity index is 1.38. The third-order valence-electron chi connectivity index (χ3n) is 4.61. The fourth-order valence-corrected chi connectivity index (χ4v) is 3.74. The summed E-state index contributed by atoms with van der Waals surface area (Å²) < 4.78 is 11.4. The number of nitrogens with one attached hydrogen (secondary N) is 1. The molecule has 1 aromatic heterocycles. The van der Waals surface area contributed by atoms with Crippen molar-refractivity contribution in [3.05, 3.63) is 94.9 Å². The summed E-state index contributed by atoms with van der Waals surface area (Å²) in [6, 6.07) is 24.1. The number of ether oxygens (including phenoxy) is 2. The first kappa shape index (κ1) is 20.6. The van der Waals surface area contributed by atoms with E-state index in [-0.39, 0.29) is 0 Å². The maximum atomic E-state index is 5.95. The van der Waals surface area contributed by atoms with Crippen molar-refractivity contribution < 1.29 is 9.47 Å². The van der Waals surface area contributed by atoms with E-state index in [2.05, 4.69) is 34.6 Å². The Morgan fingerprint density at radius 1 is 1.00 bits per heavy atom. The number of nitrogens with zero attached hydrogens (tertiary/aromatic N) is 2. The average molecular weight is 430 g/mol. The summed E-state index contributed by atoms with van der Waals surface area (Å²) >= 11 is 1.51. The largest absolute Gasteiger partial charge is 0.493 e. The van der Waals surface area contributed by atoms with Crippen molar-refractivity contribution in [3.8, 4) is 22.8 Å². The van der Waals surface area contributed by atoms with E-state index in [9.17, 15) is 0 Å². The van der Waals surface area contributed by atoms with Crippen LogP contribution in [0.2, 0.25) is 0 Å². The van der Waals surface area contributed by atoms with Crippen LogP contribution >= 0.6 is 11.3 Å². The molecule has 156 valence electrons. The maximum absolute atomic E-state index is 5.95. The lowest BCUT2D eigenvalue weighted by Crippen LogP contribution is -1.99. The van der Waals surface area contributed by atoms with E-state index in [1.165, 1.54) is 16.9 Å². The topological polar surface area (TPSA) is 55.7 Å². The maximum Gasteiger partial charge on any atom is 0.203 e. The summed E-state index contributed by atoms with van der Waals surface area (Å²) in [4.78, 5) is 4.57. The molecule has 0 amide bonds. The minimum absolute atomic E-state index is 0.487. The fourth-order valence-electron chi connectivity index (χ4n) is 3.08. The third kappa shape index (κ3) is 5.49. The van der Waals surface area contributed by atoms with E-state index in [0.717, 1.165) is 27.5 Å². The van der Waals surface area contributed by atoms with Gasteiger partial charge in [-0.15, -0.1) is 11.3 Å². The SMILES string of the molecule is COc1cc(C=NNc2nc(-c3ccccc3)cs2)ccc1OCc1cccc(C)c1. The molecule has 4 rings (SSSR count). The number of hydrogen-bond donors (Lipinski definition) is 1. The molecule has 0 saturated carbocycles. The molecule has 31 heavy (non-hydrogen) atoms. The van der Waals surface area contributed by atoms with Crippen LogP contribution in [0.3, 0.4) is 0 Å². The molecule has 0 aliphatic carbocycles. The van der Waals surface area contributed by atoms with E-state index in [1.807, 2.05) is 66.0 Å². The van der Waals surface area contributed by atoms with Gasteiger partial charge in [0.05, 0.1) is 19.0 Å². The second kappa shape index (κ2) is 9.91. The molecule has 1 N–H and O–H groups in total. The van der Waals surface area contributed by atoms with Gasteiger partial charge in [-0.2, -0.15) is 5.10 Å². The predicted octanol–water partition coefficient (Wildman–Crippen LogP) is 6.15. The van der Waals surface area contributed by atoms with Gasteiger partial charge in [-0.05, 0) is 36.2 Å². The van der Waals surface area contributed by atoms with Crippen molar-refractivity contribution in [2.24, 2.45) is 5.10 Å². The number of aryl methyl sites for hydroxylation is 1. The van der Waals surface area contributed by atoms with Crippen molar-refractivity contribution in [1.82, 2.24) is 4.98 Å². The number of hydrogen-bond acceptors (Lipinski definition) is 6. The number of anilines is 1. The first-order valence-corrected chi connectivity index (χ1v) is 10.8. The van der Waals surface area contributed by atoms with Crippen LogP contribution in [-0.4, -0.2) is 18.3 Å². The number of aromatic nitrogens is 1. The lowest BCUT2D eigenvalue weighted by molar-refractivity contribution is 0.284. The average Bonchev–Trinajstić information content (AvgIpc) is 3.28. The molecule has 1 heterocycles. The molecule has 0 bridgehead atoms. The van der Waals surface area contributed by atoms with Crippen LogP contribution in [-0.2, 0) is 6.61 Å². The lowest BCUT2D eigenvalue weighted by Gasteiger charge is -2.11. The lowest BCUT2D eigenvalue weighted by atomic mass is 10.1. The van der Waals surface area contributed by atoms with Gasteiger partial charge in [-0.3, -0.25) is 5.43 Å². The summed E-state index contributed by atoms with van der Waals surface area (Å²) in [5.41, 5.74) is 8.24. The van der Waals surface area contributed by atoms with Crippen molar-refractivity contribution in [2.75, 3.05) is 12.5 Å². The van der Waals surface area contributed by atoms with Crippen LogP contribution in [0.25, 0.3) is 11.3 Å². The van der Waals surface area contributed by atoms with Gasteiger partial charge in [-0.1, -0.05) is 60.2 Å². The van der Waals surface area contributed by atoms with Crippen molar-refractivity contribution in [2.45, 2.75) is 13.5 Å². The van der Waals surface area contributed by atoms with Gasteiger partial charge in [0.25, 0.3) is 0 Å². The Morgan fingerprint density at radius 3 is 2.68 bits per heavy atom. The van der Waals surface area contributed by atoms with Crippen LogP contribution in [0.5, 0.6) is 11.5 Å². The van der Waals surface area contributed by atoms with Gasteiger partial charge in [-0.25, -0.2) is 4.98 Å². The molecule has 0 spiro atoms. The first-order chi connectivity index (χ1) is 15.2. The van der Waals surface area contributed by atoms with Gasteiger partial charge in [0.15, 0.2) is 11.5 Å². The van der Waals surface area contributed by atoms with Crippen molar-refractivity contribution in [1.29, 1.82) is 0 Å². The molecule has 0 aliphatic rings. The van der Waals surface area contributed by atoms with E-state index >= 15 is 0 Å². The summed E-state index contributed by atoms with van der Waals surface area (Å²) in [5, 5.41) is 7.05. The third-order valence-corrected chi connectivity index (χ3v) is 5.36. The predicted molar refractivity (Wildman–Crippen MR) is 127 cm³/mol. The molecule has 4 aromatic rings. The van der Waals surface area contributed by atoms with Crippen LogP contribution in [0.15, 0.2) is 83.3 Å². The smallest absolute Gasteiger partial charge is 0.203 e.